The molecule has 2 amide bonds. The summed E-state index contributed by atoms with van der Waals surface area (Å²) in [5.74, 6) is -3.34. The maximum atomic E-state index is 15.4. The van der Waals surface area contributed by atoms with Gasteiger partial charge in [-0.3, -0.25) is 4.79 Å². The molecule has 15 rings (SSSR count). The van der Waals surface area contributed by atoms with Gasteiger partial charge >= 0.3 is 16.2 Å². The van der Waals surface area contributed by atoms with Crippen LogP contribution in [0.3, 0.4) is 0 Å². The van der Waals surface area contributed by atoms with Gasteiger partial charge in [0.05, 0.1) is 83.6 Å². The van der Waals surface area contributed by atoms with Crippen LogP contribution in [0, 0.1) is 17.6 Å². The zero-order valence-corrected chi connectivity index (χ0v) is 69.2. The van der Waals surface area contributed by atoms with Crippen LogP contribution in [0.5, 0.6) is 5.75 Å². The largest absolute Gasteiger partial charge is 0.447 e. The van der Waals surface area contributed by atoms with Gasteiger partial charge in [0.25, 0.3) is 0 Å². The molecule has 14 atom stereocenters. The van der Waals surface area contributed by atoms with Crippen LogP contribution in [0.15, 0.2) is 340 Å². The summed E-state index contributed by atoms with van der Waals surface area (Å²) in [5, 5.41) is 15.1. The normalized spacial score (nSPS) is 20.9. The minimum Gasteiger partial charge on any atom is -0.447 e. The van der Waals surface area contributed by atoms with Crippen LogP contribution in [0.1, 0.15) is 80.6 Å². The molecule has 0 aromatic heterocycles. The predicted octanol–water partition coefficient (Wildman–Crippen LogP) is 18.5. The molecule has 0 spiro atoms. The van der Waals surface area contributed by atoms with Crippen LogP contribution in [0.4, 0.5) is 19.3 Å². The Morgan fingerprint density at radius 3 is 1.26 bits per heavy atom. The van der Waals surface area contributed by atoms with Gasteiger partial charge in [-0.05, 0) is 135 Å². The van der Waals surface area contributed by atoms with E-state index >= 15 is 13.2 Å². The number of anilines is 1. The summed E-state index contributed by atoms with van der Waals surface area (Å²) >= 11 is 0. The molecule has 3 saturated heterocycles. The number of carbonyl (C=O) groups is 2. The molecule has 3 heterocycles. The van der Waals surface area contributed by atoms with E-state index in [2.05, 4.69) is 5.32 Å². The lowest BCUT2D eigenvalue weighted by atomic mass is 9.85. The van der Waals surface area contributed by atoms with Gasteiger partial charge in [0, 0.05) is 5.69 Å². The molecule has 0 radical (unpaired) electrons. The summed E-state index contributed by atoms with van der Waals surface area (Å²) in [5.41, 5.74) is 9.80. The minimum atomic E-state index is -4.66. The van der Waals surface area contributed by atoms with Crippen molar-refractivity contribution in [2.45, 2.75) is 145 Å². The highest BCUT2D eigenvalue weighted by Crippen LogP contribution is 2.41. The fourth-order valence-corrected chi connectivity index (χ4v) is 17.0. The van der Waals surface area contributed by atoms with E-state index in [9.17, 15) is 18.7 Å². The van der Waals surface area contributed by atoms with Gasteiger partial charge in [-0.2, -0.15) is 8.42 Å². The lowest BCUT2D eigenvalue weighted by molar-refractivity contribution is -0.362. The Bertz CT molecular complexity index is 5350. The lowest BCUT2D eigenvalue weighted by Gasteiger charge is -2.50. The number of hydrogen-bond donors (Lipinski definition) is 2. The van der Waals surface area contributed by atoms with Crippen LogP contribution in [0.25, 0.3) is 11.1 Å². The van der Waals surface area contributed by atoms with Crippen LogP contribution in [-0.2, 0) is 120 Å². The van der Waals surface area contributed by atoms with E-state index in [1.165, 1.54) is 36.4 Å². The van der Waals surface area contributed by atoms with Gasteiger partial charge in [0.15, 0.2) is 6.29 Å². The monoisotopic (exact) mass is 1690 g/mol. The number of aliphatic hydroxyl groups excluding tert-OH is 1. The first kappa shape index (κ1) is 87.5. The smallest absolute Gasteiger partial charge is 0.416 e. The van der Waals surface area contributed by atoms with Crippen molar-refractivity contribution in [2.24, 2.45) is 5.92 Å². The second-order valence-corrected chi connectivity index (χ2v) is 32.7. The van der Waals surface area contributed by atoms with Gasteiger partial charge in [-0.25, -0.2) is 18.5 Å². The van der Waals surface area contributed by atoms with Crippen molar-refractivity contribution in [3.63, 3.8) is 0 Å². The molecule has 3 aliphatic rings. The molecule has 124 heavy (non-hydrogen) atoms. The number of nitrogens with zero attached hydrogens (tertiary/aromatic N) is 1. The van der Waals surface area contributed by atoms with Crippen molar-refractivity contribution in [3.05, 3.63) is 407 Å². The van der Waals surface area contributed by atoms with E-state index in [1.54, 1.807) is 36.4 Å². The van der Waals surface area contributed by atoms with Crippen molar-refractivity contribution >= 4 is 27.8 Å². The fraction of sp³-hybridized carbons (Fsp3) is 0.275. The molecule has 12 aromatic rings. The molecule has 2 N–H and O–H groups in total. The summed E-state index contributed by atoms with van der Waals surface area (Å²) in [4.78, 5) is 30.4. The lowest BCUT2D eigenvalue weighted by Crippen LogP contribution is -2.66. The van der Waals surface area contributed by atoms with Crippen molar-refractivity contribution in [1.29, 1.82) is 0 Å². The molecule has 3 aliphatic heterocycles. The highest BCUT2D eigenvalue weighted by Gasteiger charge is 2.55. The molecule has 0 bridgehead atoms. The zero-order valence-electron chi connectivity index (χ0n) is 68.4. The van der Waals surface area contributed by atoms with Gasteiger partial charge in [0.1, 0.15) is 84.7 Å². The molecule has 19 nitrogen and oxygen atoms in total. The maximum absolute atomic E-state index is 15.4. The first-order chi connectivity index (χ1) is 60.7. The summed E-state index contributed by atoms with van der Waals surface area (Å²) in [6.45, 7) is 0.621. The van der Waals surface area contributed by atoms with E-state index < -0.39 is 125 Å². The summed E-state index contributed by atoms with van der Waals surface area (Å²) < 4.78 is 143. The standard InChI is InChI=1S/C102H100F2N2O17S/c103-83-49-45-81(46-50-83)89(107)58-57-88(100(108)106-86(67-119-102(106)109)59-71-25-9-1-10-26-71)93(105-85-53-51-84(104)52-54-85)82-43-41-79(42-44-82)80-47-55-87(56-48-80)123-124(110,111)70-92-95(115-63-75-33-17-5-18-34-75)97(116-64-76-35-19-6-20-36-76)96(91(120-92)69-113-61-73-29-13-3-14-30-73)122-101-99(118-66-78-39-23-8-24-40-78)98(117-65-77-37-21-7-22-38-77)94(114-62-74-31-15-4-16-32-74)90(121-101)68-112-60-72-27-11-2-12-28-72/h1-56,86,88-99,101,105,107H,57-70H2/t86-,88+,89-,90?,91?,92-,93+,94-,95?,96-,97+,98-,99?,101-/m0/s1. The third-order valence-corrected chi connectivity index (χ3v) is 23.5. The molecular weight excluding hydrogens is 1600 g/mol. The van der Waals surface area contributed by atoms with Crippen molar-refractivity contribution in [3.8, 4) is 16.9 Å². The van der Waals surface area contributed by atoms with Gasteiger partial charge in [0.2, 0.25) is 5.91 Å². The van der Waals surface area contributed by atoms with Gasteiger partial charge < -0.3 is 66.7 Å². The number of aliphatic hydroxyl groups is 1. The highest BCUT2D eigenvalue weighted by molar-refractivity contribution is 7.87. The Hall–Kier alpha value is -11.5. The average Bonchev–Trinajstić information content (AvgIpc) is 0.800. The number of cyclic esters (lactones) is 1. The Labute approximate surface area is 722 Å². The van der Waals surface area contributed by atoms with Crippen molar-refractivity contribution < 1.29 is 88.2 Å². The summed E-state index contributed by atoms with van der Waals surface area (Å²) in [6.07, 6.45) is -12.6. The Morgan fingerprint density at radius 1 is 0.419 bits per heavy atom. The van der Waals surface area contributed by atoms with E-state index in [0.717, 1.165) is 49.4 Å². The number of imide groups is 1. The third kappa shape index (κ3) is 24.3. The Balaban J connectivity index is 0.750. The van der Waals surface area contributed by atoms with Crippen molar-refractivity contribution in [2.75, 3.05) is 30.9 Å². The number of nitrogens with one attached hydrogen (secondary N) is 1. The molecule has 0 saturated carbocycles. The molecule has 0 aliphatic carbocycles. The quantitative estimate of drug-likeness (QED) is 0.0341. The van der Waals surface area contributed by atoms with Crippen LogP contribution >= 0.6 is 0 Å². The van der Waals surface area contributed by atoms with E-state index in [-0.39, 0.29) is 84.7 Å². The molecule has 12 aromatic carbocycles. The Kier molecular flexibility index (Phi) is 30.8. The van der Waals surface area contributed by atoms with Gasteiger partial charge in [-0.15, -0.1) is 0 Å². The fourth-order valence-electron chi connectivity index (χ4n) is 15.9. The summed E-state index contributed by atoms with van der Waals surface area (Å²) in [7, 11) is -4.66. The zero-order chi connectivity index (χ0) is 85.2. The first-order valence-corrected chi connectivity index (χ1v) is 43.4. The van der Waals surface area contributed by atoms with Crippen LogP contribution in [0.2, 0.25) is 0 Å². The molecule has 22 heteroatoms. The number of ether oxygens (including phenoxy) is 11. The number of carbonyl (C=O) groups excluding carboxylic acids is 2. The van der Waals surface area contributed by atoms with E-state index in [0.29, 0.717) is 34.4 Å². The number of hydrogen-bond acceptors (Lipinski definition) is 18. The first-order valence-electron chi connectivity index (χ1n) is 41.8. The molecule has 4 unspecified atom stereocenters. The number of benzene rings is 12. The second-order valence-electron chi connectivity index (χ2n) is 31.1. The molecule has 3 fully saturated rings. The number of amides is 2. The van der Waals surface area contributed by atoms with Gasteiger partial charge in [-0.1, -0.05) is 291 Å². The van der Waals surface area contributed by atoms with Crippen LogP contribution in [-0.4, -0.2) is 123 Å². The summed E-state index contributed by atoms with van der Waals surface area (Å²) in [6, 6.07) is 101. The predicted molar refractivity (Wildman–Crippen MR) is 465 cm³/mol. The average molecular weight is 1700 g/mol. The topological polar surface area (TPSA) is 215 Å². The molecule has 640 valence electrons. The minimum absolute atomic E-state index is 0.00843. The second kappa shape index (κ2) is 43.7. The third-order valence-electron chi connectivity index (χ3n) is 22.3. The number of rotatable bonds is 41. The van der Waals surface area contributed by atoms with Crippen LogP contribution < -0.4 is 9.50 Å². The van der Waals surface area contributed by atoms with E-state index in [4.69, 9.17) is 56.3 Å². The Morgan fingerprint density at radius 2 is 0.798 bits per heavy atom. The van der Waals surface area contributed by atoms with Crippen molar-refractivity contribution in [1.82, 2.24) is 4.90 Å². The SMILES string of the molecule is O=C1OC[C@H](Cc2ccccc2)N1C(=O)[C@H](CC[C@H](O)c1ccc(F)cc1)[C@H](Nc1ccc(F)cc1)c1ccc(-c2ccc(OS(=O)(=O)C[C@@H]3OC(COCc4ccccc4)[C@H](O[C@@H]4OC(COCc5ccccc5)[C@H](OCc5ccccc5)[C@H](OCc5ccccc5)C4OCc4ccccc4)[C@H](OCc4ccccc4)C3OCc3ccccc3)cc2)cc1. The van der Waals surface area contributed by atoms with E-state index in [1.807, 2.05) is 267 Å². The molecular formula is C102H100F2N2O17S. The number of halogens is 2. The maximum Gasteiger partial charge on any atom is 0.416 e. The highest BCUT2D eigenvalue weighted by atomic mass is 32.2.